The lowest BCUT2D eigenvalue weighted by Gasteiger charge is -2.29. The van der Waals surface area contributed by atoms with Crippen LogP contribution in [0.3, 0.4) is 0 Å². The zero-order valence-electron chi connectivity index (χ0n) is 14.8. The van der Waals surface area contributed by atoms with Gasteiger partial charge in [0.1, 0.15) is 0 Å². The summed E-state index contributed by atoms with van der Waals surface area (Å²) in [6, 6.07) is 0. The van der Waals surface area contributed by atoms with Gasteiger partial charge in [0, 0.05) is 7.26 Å². The second-order valence-electron chi connectivity index (χ2n) is 6.18. The Hall–Kier alpha value is 0.190. The fourth-order valence-corrected chi connectivity index (χ4v) is 8.44. The first-order chi connectivity index (χ1) is 9.55. The number of hydrogen-bond acceptors (Lipinski definition) is 2. The van der Waals surface area contributed by atoms with Crippen LogP contribution in [0.2, 0.25) is 0 Å². The third kappa shape index (κ3) is 9.74. The summed E-state index contributed by atoms with van der Waals surface area (Å²) in [6.45, 7) is 8.89. The van der Waals surface area contributed by atoms with Crippen molar-refractivity contribution in [3.8, 4) is 0 Å². The Kier molecular flexibility index (Phi) is 15.4. The van der Waals surface area contributed by atoms with Crippen molar-refractivity contribution < 1.29 is 21.9 Å². The normalized spacial score (nSPS) is 12.6. The molecule has 21 heavy (non-hydrogen) atoms. The van der Waals surface area contributed by atoms with E-state index in [1.807, 2.05) is 0 Å². The fourth-order valence-electron chi connectivity index (χ4n) is 2.95. The Morgan fingerprint density at radius 1 is 0.952 bits per heavy atom. The molecule has 0 heterocycles. The van der Waals surface area contributed by atoms with Crippen LogP contribution in [0.4, 0.5) is 0 Å². The summed E-state index contributed by atoms with van der Waals surface area (Å²) >= 11 is 0. The smallest absolute Gasteiger partial charge is 0.312 e. The minimum Gasteiger partial charge on any atom is -1.00 e. The van der Waals surface area contributed by atoms with Crippen LogP contribution in [0.1, 0.15) is 66.2 Å². The number of halogens is 1. The third-order valence-electron chi connectivity index (χ3n) is 4.22. The van der Waals surface area contributed by atoms with E-state index in [2.05, 4.69) is 27.7 Å². The first kappa shape index (κ1) is 23.5. The first-order valence-corrected chi connectivity index (χ1v) is 11.0. The Labute approximate surface area is 139 Å². The lowest BCUT2D eigenvalue weighted by Crippen LogP contribution is -3.00. The molecule has 128 valence electrons. The summed E-state index contributed by atoms with van der Waals surface area (Å²) in [4.78, 5) is 11.8. The summed E-state index contributed by atoms with van der Waals surface area (Å²) in [5.74, 6) is 0.0674. The first-order valence-electron chi connectivity index (χ1n) is 8.48. The minimum absolute atomic E-state index is 0. The van der Waals surface area contributed by atoms with Crippen LogP contribution in [0.15, 0.2) is 0 Å². The molecule has 0 aliphatic carbocycles. The minimum atomic E-state index is -0.970. The molecule has 0 bridgehead atoms. The van der Waals surface area contributed by atoms with E-state index in [0.717, 1.165) is 6.16 Å². The van der Waals surface area contributed by atoms with Crippen molar-refractivity contribution in [3.63, 3.8) is 0 Å². The molecule has 0 saturated heterocycles. The van der Waals surface area contributed by atoms with Gasteiger partial charge in [-0.2, -0.15) is 0 Å². The Morgan fingerprint density at radius 3 is 1.62 bits per heavy atom. The molecular formula is C17H36ClO2P. The summed E-state index contributed by atoms with van der Waals surface area (Å²) in [7, 11) is 0.547. The van der Waals surface area contributed by atoms with Gasteiger partial charge in [-0.1, -0.05) is 40.0 Å². The quantitative estimate of drug-likeness (QED) is 0.403. The molecule has 0 aromatic heterocycles. The summed E-state index contributed by atoms with van der Waals surface area (Å²) in [6.07, 6.45) is 13.0. The molecule has 0 rings (SSSR count). The average molecular weight is 339 g/mol. The van der Waals surface area contributed by atoms with E-state index in [9.17, 15) is 4.79 Å². The number of rotatable bonds is 12. The van der Waals surface area contributed by atoms with Gasteiger partial charge in [0.15, 0.2) is 0 Å². The third-order valence-corrected chi connectivity index (χ3v) is 9.34. The predicted octanol–water partition coefficient (Wildman–Crippen LogP) is 2.22. The topological polar surface area (TPSA) is 26.3 Å². The molecule has 1 atom stereocenters. The van der Waals surface area contributed by atoms with Crippen LogP contribution >= 0.6 is 7.26 Å². The molecule has 4 heteroatoms. The lowest BCUT2D eigenvalue weighted by molar-refractivity contribution is -0.144. The molecular weight excluding hydrogens is 303 g/mol. The summed E-state index contributed by atoms with van der Waals surface area (Å²) < 4.78 is 4.95. The van der Waals surface area contributed by atoms with Crippen molar-refractivity contribution in [1.29, 1.82) is 0 Å². The van der Waals surface area contributed by atoms with E-state index in [1.165, 1.54) is 64.1 Å². The van der Waals surface area contributed by atoms with Crippen molar-refractivity contribution in [1.82, 2.24) is 0 Å². The molecule has 0 radical (unpaired) electrons. The molecule has 0 aromatic carbocycles. The van der Waals surface area contributed by atoms with Gasteiger partial charge in [-0.3, -0.25) is 4.79 Å². The van der Waals surface area contributed by atoms with Gasteiger partial charge in [0.2, 0.25) is 0 Å². The SMILES string of the molecule is CCCC[P+](CCCC)(CCCC)CC(C)C(=O)OC.[Cl-]. The van der Waals surface area contributed by atoms with E-state index in [1.54, 1.807) is 0 Å². The predicted molar refractivity (Wildman–Crippen MR) is 92.3 cm³/mol. The van der Waals surface area contributed by atoms with Gasteiger partial charge in [-0.05, 0) is 26.2 Å². The van der Waals surface area contributed by atoms with Gasteiger partial charge >= 0.3 is 5.97 Å². The van der Waals surface area contributed by atoms with Crippen LogP contribution in [0.5, 0.6) is 0 Å². The maximum Gasteiger partial charge on any atom is 0.312 e. The molecule has 0 spiro atoms. The Bertz CT molecular complexity index is 237. The van der Waals surface area contributed by atoms with Crippen molar-refractivity contribution in [3.05, 3.63) is 0 Å². The maximum atomic E-state index is 11.8. The molecule has 0 aromatic rings. The zero-order chi connectivity index (χ0) is 15.4. The van der Waals surface area contributed by atoms with Crippen LogP contribution in [-0.4, -0.2) is 37.7 Å². The van der Waals surface area contributed by atoms with E-state index in [-0.39, 0.29) is 24.3 Å². The molecule has 0 saturated carbocycles. The molecule has 0 fully saturated rings. The van der Waals surface area contributed by atoms with Crippen LogP contribution in [0.25, 0.3) is 0 Å². The van der Waals surface area contributed by atoms with E-state index < -0.39 is 7.26 Å². The van der Waals surface area contributed by atoms with Crippen LogP contribution < -0.4 is 12.4 Å². The van der Waals surface area contributed by atoms with Crippen molar-refractivity contribution in [2.45, 2.75) is 66.2 Å². The van der Waals surface area contributed by atoms with E-state index >= 15 is 0 Å². The molecule has 0 N–H and O–H groups in total. The van der Waals surface area contributed by atoms with E-state index in [0.29, 0.717) is 0 Å². The molecule has 0 aliphatic heterocycles. The molecule has 1 unspecified atom stereocenters. The van der Waals surface area contributed by atoms with Crippen LogP contribution in [0, 0.1) is 5.92 Å². The lowest BCUT2D eigenvalue weighted by atomic mass is 10.2. The Balaban J connectivity index is 0. The molecule has 2 nitrogen and oxygen atoms in total. The van der Waals surface area contributed by atoms with Gasteiger partial charge in [0.25, 0.3) is 0 Å². The number of esters is 1. The van der Waals surface area contributed by atoms with Crippen molar-refractivity contribution in [2.75, 3.05) is 31.8 Å². The average Bonchev–Trinajstić information content (AvgIpc) is 2.47. The van der Waals surface area contributed by atoms with Crippen molar-refractivity contribution >= 4 is 13.2 Å². The van der Waals surface area contributed by atoms with Gasteiger partial charge < -0.3 is 17.1 Å². The van der Waals surface area contributed by atoms with Gasteiger partial charge in [-0.25, -0.2) is 0 Å². The highest BCUT2D eigenvalue weighted by atomic mass is 35.5. The molecule has 0 aliphatic rings. The second kappa shape index (κ2) is 13.8. The van der Waals surface area contributed by atoms with Crippen LogP contribution in [-0.2, 0) is 9.53 Å². The number of carbonyl (C=O) groups excluding carboxylic acids is 1. The monoisotopic (exact) mass is 338 g/mol. The number of carbonyl (C=O) groups is 1. The highest BCUT2D eigenvalue weighted by Gasteiger charge is 2.38. The zero-order valence-corrected chi connectivity index (χ0v) is 16.4. The number of unbranched alkanes of at least 4 members (excludes halogenated alkanes) is 3. The highest BCUT2D eigenvalue weighted by molar-refractivity contribution is 7.75. The van der Waals surface area contributed by atoms with E-state index in [4.69, 9.17) is 4.74 Å². The highest BCUT2D eigenvalue weighted by Crippen LogP contribution is 2.61. The molecule has 0 amide bonds. The van der Waals surface area contributed by atoms with Gasteiger partial charge in [-0.15, -0.1) is 0 Å². The van der Waals surface area contributed by atoms with Crippen molar-refractivity contribution in [2.24, 2.45) is 5.92 Å². The number of methoxy groups -OCH3 is 1. The number of ether oxygens (including phenoxy) is 1. The second-order valence-corrected chi connectivity index (χ2v) is 10.6. The number of hydrogen-bond donors (Lipinski definition) is 0. The maximum absolute atomic E-state index is 11.8. The van der Waals surface area contributed by atoms with Gasteiger partial charge in [0.05, 0.1) is 37.7 Å². The Morgan fingerprint density at radius 2 is 1.33 bits per heavy atom. The summed E-state index contributed by atoms with van der Waals surface area (Å²) in [5, 5.41) is 0. The summed E-state index contributed by atoms with van der Waals surface area (Å²) in [5.41, 5.74) is 0. The standard InChI is InChI=1S/C17H36O2P.ClH/c1-6-9-12-20(13-10-7-2,14-11-8-3)15-16(4)17(18)19-5;/h16H,6-15H2,1-5H3;1H/q+1;/p-1. The largest absolute Gasteiger partial charge is 1.00 e. The fraction of sp³-hybridized carbons (Fsp3) is 0.941.